The van der Waals surface area contributed by atoms with E-state index in [2.05, 4.69) is 0 Å². The highest BCUT2D eigenvalue weighted by Gasteiger charge is 2.73. The van der Waals surface area contributed by atoms with Crippen LogP contribution in [0.15, 0.2) is 84.9 Å². The van der Waals surface area contributed by atoms with Gasteiger partial charge in [0, 0.05) is 16.7 Å². The summed E-state index contributed by atoms with van der Waals surface area (Å²) in [5, 5.41) is 132. The summed E-state index contributed by atoms with van der Waals surface area (Å²) in [7, 11) is 1.24. The molecule has 2 saturated heterocycles. The summed E-state index contributed by atoms with van der Waals surface area (Å²) in [4.78, 5) is 55.4. The van der Waals surface area contributed by atoms with Gasteiger partial charge in [0.1, 0.15) is 66.8 Å². The van der Waals surface area contributed by atoms with Crippen LogP contribution in [0.1, 0.15) is 44.9 Å². The summed E-state index contributed by atoms with van der Waals surface area (Å²) in [6.45, 7) is -1.45. The van der Waals surface area contributed by atoms with Crippen molar-refractivity contribution in [1.29, 1.82) is 0 Å². The van der Waals surface area contributed by atoms with Crippen LogP contribution in [-0.4, -0.2) is 183 Å². The van der Waals surface area contributed by atoms with Crippen LogP contribution in [-0.2, 0) is 19.1 Å². The maximum absolute atomic E-state index is 14.3. The second-order valence-electron chi connectivity index (χ2n) is 14.9. The van der Waals surface area contributed by atoms with Crippen molar-refractivity contribution in [3.05, 3.63) is 107 Å². The number of benzene rings is 3. The summed E-state index contributed by atoms with van der Waals surface area (Å²) < 4.78 is 16.5. The zero-order valence-corrected chi connectivity index (χ0v) is 32.6. The zero-order valence-electron chi connectivity index (χ0n) is 32.6. The van der Waals surface area contributed by atoms with E-state index < -0.39 is 120 Å². The Labute approximate surface area is 347 Å². The highest BCUT2D eigenvalue weighted by molar-refractivity contribution is 6.10. The number of aliphatic hydroxyl groups excluding tert-OH is 10. The van der Waals surface area contributed by atoms with Crippen LogP contribution in [0.3, 0.4) is 0 Å². The lowest BCUT2D eigenvalue weighted by atomic mass is 9.69. The molecule has 0 amide bonds. The molecule has 12 N–H and O–H groups in total. The Morgan fingerprint density at radius 1 is 0.820 bits per heavy atom. The predicted molar refractivity (Wildman–Crippen MR) is 207 cm³/mol. The van der Waals surface area contributed by atoms with E-state index in [0.29, 0.717) is 6.08 Å². The van der Waals surface area contributed by atoms with Crippen LogP contribution < -0.4 is 4.74 Å². The lowest BCUT2D eigenvalue weighted by Gasteiger charge is -2.42. The Morgan fingerprint density at radius 2 is 1.39 bits per heavy atom. The fourth-order valence-electron chi connectivity index (χ4n) is 7.59. The Kier molecular flexibility index (Phi) is 14.6. The standard InChI is InChI=1S/C42H48O19/c1-20-28(46)30(48)31(49)34(60-20)24-15-13-21(17-25(24)59-2)14-16-27(45)41(57,38(55)32(50)29(47)22-9-5-3-6-10-22)39(56)33(51)37(54)40(19-44)42(58,36(53)26(18-43)61-40)35(52)23-11-7-4-8-12-23/h3-17,20,26,28,30-34,36,38-39,43-44,46,48-51,53,55-58H,18-19H2,1-2H3/t20-,26+,28-,30+,31+,32?,33-,34?,36+,38+,39+,40?,41+,42+/m0/s1. The van der Waals surface area contributed by atoms with Crippen LogP contribution in [0.25, 0.3) is 6.08 Å². The molecule has 14 atom stereocenters. The average molecular weight is 857 g/mol. The van der Waals surface area contributed by atoms with E-state index in [-0.39, 0.29) is 28.0 Å². The van der Waals surface area contributed by atoms with Crippen molar-refractivity contribution in [2.24, 2.45) is 0 Å². The molecule has 3 aromatic carbocycles. The highest BCUT2D eigenvalue weighted by atomic mass is 16.6. The van der Waals surface area contributed by atoms with Gasteiger partial charge in [-0.05, 0) is 24.6 Å². The molecule has 0 aliphatic carbocycles. The van der Waals surface area contributed by atoms with Crippen LogP contribution >= 0.6 is 0 Å². The van der Waals surface area contributed by atoms with E-state index in [1.807, 2.05) is 0 Å². The predicted octanol–water partition coefficient (Wildman–Crippen LogP) is -3.46. The summed E-state index contributed by atoms with van der Waals surface area (Å²) in [6.07, 6.45) is -22.1. The number of aliphatic hydroxyl groups is 12. The van der Waals surface area contributed by atoms with E-state index in [1.54, 1.807) is 0 Å². The smallest absolute Gasteiger partial charge is 0.201 e. The number of carbonyl (C=O) groups excluding carboxylic acids is 4. The molecule has 2 fully saturated rings. The van der Waals surface area contributed by atoms with Gasteiger partial charge in [0.2, 0.25) is 11.6 Å². The lowest BCUT2D eigenvalue weighted by Crippen LogP contribution is -2.72. The maximum atomic E-state index is 14.3. The number of ether oxygens (including phenoxy) is 3. The first-order valence-corrected chi connectivity index (χ1v) is 18.9. The summed E-state index contributed by atoms with van der Waals surface area (Å²) in [5.74, 6) is -6.59. The molecule has 0 bridgehead atoms. The van der Waals surface area contributed by atoms with Gasteiger partial charge in [-0.25, -0.2) is 0 Å². The molecule has 5 rings (SSSR count). The quantitative estimate of drug-likeness (QED) is 0.0464. The second-order valence-corrected chi connectivity index (χ2v) is 14.9. The lowest BCUT2D eigenvalue weighted by molar-refractivity contribution is -0.219. The van der Waals surface area contributed by atoms with Crippen molar-refractivity contribution in [3.8, 4) is 5.75 Å². The molecule has 2 heterocycles. The molecule has 2 aliphatic rings. The molecule has 0 radical (unpaired) electrons. The first-order valence-electron chi connectivity index (χ1n) is 18.9. The van der Waals surface area contributed by atoms with Crippen molar-refractivity contribution in [1.82, 2.24) is 0 Å². The molecule has 330 valence electrons. The fourth-order valence-corrected chi connectivity index (χ4v) is 7.59. The molecule has 0 spiro atoms. The third kappa shape index (κ3) is 8.22. The van der Waals surface area contributed by atoms with Gasteiger partial charge in [0.15, 0.2) is 28.4 Å². The minimum atomic E-state index is -3.95. The van der Waals surface area contributed by atoms with Gasteiger partial charge in [-0.1, -0.05) is 78.9 Å². The van der Waals surface area contributed by atoms with E-state index in [1.165, 1.54) is 80.8 Å². The normalized spacial score (nSPS) is 30.8. The van der Waals surface area contributed by atoms with Gasteiger partial charge in [0.05, 0.1) is 26.4 Å². The molecule has 19 nitrogen and oxygen atoms in total. The molecular weight excluding hydrogens is 808 g/mol. The largest absolute Gasteiger partial charge is 0.496 e. The van der Waals surface area contributed by atoms with Gasteiger partial charge in [-0.15, -0.1) is 0 Å². The Bertz CT molecular complexity index is 2080. The first kappa shape index (κ1) is 47.4. The number of Topliss-reactive ketones (excluding diaryl/α,β-unsaturated/α-hetero) is 3. The SMILES string of the molecule is COc1cc(C=CC(=O)[C@@](O)([C@H](O)C(O)C(=O)c2ccccc2)[C@H](O)[C@@H](O)C(=O)C2(CO)O[C@H](CO)[C@@H](O)[C@]2(O)C(=O)c2ccccc2)ccc1C1O[C@@H](C)[C@H](O)[C@@H](O)[C@H]1O. The molecule has 19 heteroatoms. The van der Waals surface area contributed by atoms with Crippen molar-refractivity contribution in [3.63, 3.8) is 0 Å². The van der Waals surface area contributed by atoms with Crippen LogP contribution in [0.4, 0.5) is 0 Å². The van der Waals surface area contributed by atoms with E-state index in [9.17, 15) is 80.5 Å². The second kappa shape index (κ2) is 18.7. The minimum absolute atomic E-state index is 0.0152. The highest BCUT2D eigenvalue weighted by Crippen LogP contribution is 2.45. The summed E-state index contributed by atoms with van der Waals surface area (Å²) >= 11 is 0. The third-order valence-corrected chi connectivity index (χ3v) is 11.3. The number of methoxy groups -OCH3 is 1. The summed E-state index contributed by atoms with van der Waals surface area (Å²) in [5.41, 5.74) is -11.3. The molecule has 2 aliphatic heterocycles. The molecular formula is C42H48O19. The molecule has 0 aromatic heterocycles. The van der Waals surface area contributed by atoms with Gasteiger partial charge in [0.25, 0.3) is 0 Å². The fraction of sp³-hybridized carbons (Fsp3) is 0.429. The van der Waals surface area contributed by atoms with Gasteiger partial charge < -0.3 is 75.5 Å². The maximum Gasteiger partial charge on any atom is 0.201 e. The average Bonchev–Trinajstić information content (AvgIpc) is 3.52. The van der Waals surface area contributed by atoms with Crippen LogP contribution in [0, 0.1) is 0 Å². The monoisotopic (exact) mass is 856 g/mol. The van der Waals surface area contributed by atoms with E-state index in [4.69, 9.17) is 14.2 Å². The number of carbonyl (C=O) groups is 4. The number of rotatable bonds is 17. The number of hydrogen-bond donors (Lipinski definition) is 12. The van der Waals surface area contributed by atoms with Crippen LogP contribution in [0.2, 0.25) is 0 Å². The summed E-state index contributed by atoms with van der Waals surface area (Å²) in [6, 6.07) is 17.0. The third-order valence-electron chi connectivity index (χ3n) is 11.3. The zero-order chi connectivity index (χ0) is 45.2. The molecule has 3 unspecified atom stereocenters. The van der Waals surface area contributed by atoms with E-state index >= 15 is 0 Å². The van der Waals surface area contributed by atoms with Crippen molar-refractivity contribution in [2.45, 2.75) is 90.9 Å². The van der Waals surface area contributed by atoms with Gasteiger partial charge >= 0.3 is 0 Å². The molecule has 3 aromatic rings. The Hall–Kier alpha value is -4.68. The van der Waals surface area contributed by atoms with Crippen molar-refractivity contribution in [2.75, 3.05) is 20.3 Å². The topological polar surface area (TPSA) is 339 Å². The first-order chi connectivity index (χ1) is 28.8. The van der Waals surface area contributed by atoms with Crippen molar-refractivity contribution < 1.29 is 94.7 Å². The van der Waals surface area contributed by atoms with Gasteiger partial charge in [-0.2, -0.15) is 0 Å². The molecule has 0 saturated carbocycles. The Balaban J connectivity index is 1.55. The number of hydrogen-bond acceptors (Lipinski definition) is 19. The van der Waals surface area contributed by atoms with Crippen LogP contribution in [0.5, 0.6) is 5.75 Å². The number of ketones is 4. The molecule has 61 heavy (non-hydrogen) atoms. The van der Waals surface area contributed by atoms with Gasteiger partial charge in [-0.3, -0.25) is 19.2 Å². The Morgan fingerprint density at radius 3 is 1.95 bits per heavy atom. The van der Waals surface area contributed by atoms with Crippen molar-refractivity contribution >= 4 is 29.2 Å². The van der Waals surface area contributed by atoms with E-state index in [0.717, 1.165) is 18.2 Å². The minimum Gasteiger partial charge on any atom is -0.496 e.